The first kappa shape index (κ1) is 14.6. The Kier molecular flexibility index (Phi) is 3.02. The van der Waals surface area contributed by atoms with Gasteiger partial charge in [-0.1, -0.05) is 13.0 Å². The number of esters is 1. The molecule has 0 aromatic rings. The number of carboxylic acids is 1. The average Bonchev–Trinajstić information content (AvgIpc) is 3.08. The highest BCUT2D eigenvalue weighted by molar-refractivity contribution is 5.82. The van der Waals surface area contributed by atoms with E-state index in [0.29, 0.717) is 5.92 Å². The lowest BCUT2D eigenvalue weighted by Gasteiger charge is -2.54. The van der Waals surface area contributed by atoms with Crippen LogP contribution in [0.25, 0.3) is 0 Å². The standard InChI is InChI=1S/C17H24O4/c1-4-13(18)21-15(2,3)17-9-5-8-16(17,14(19)20)11-6-7-12(17)10-11/h4,11-12H,1,5-10H2,2-3H3,(H,19,20). The SMILES string of the molecule is C=CC(=O)OC(C)(C)C12CCCC1(C(=O)O)C1CCC2C1. The van der Waals surface area contributed by atoms with Gasteiger partial charge in [-0.15, -0.1) is 0 Å². The molecule has 3 rings (SSSR count). The fourth-order valence-corrected chi connectivity index (χ4v) is 6.29. The van der Waals surface area contributed by atoms with Crippen molar-refractivity contribution in [3.05, 3.63) is 12.7 Å². The molecule has 0 spiro atoms. The van der Waals surface area contributed by atoms with Crippen LogP contribution < -0.4 is 0 Å². The number of aliphatic carboxylic acids is 1. The Balaban J connectivity index is 2.10. The van der Waals surface area contributed by atoms with Gasteiger partial charge in [0, 0.05) is 11.5 Å². The summed E-state index contributed by atoms with van der Waals surface area (Å²) in [5.74, 6) is -0.545. The predicted octanol–water partition coefficient (Wildman–Crippen LogP) is 3.17. The third-order valence-corrected chi connectivity index (χ3v) is 6.74. The summed E-state index contributed by atoms with van der Waals surface area (Å²) in [5, 5.41) is 10.1. The first-order chi connectivity index (χ1) is 9.82. The van der Waals surface area contributed by atoms with Crippen LogP contribution in [-0.2, 0) is 14.3 Å². The van der Waals surface area contributed by atoms with Crippen LogP contribution in [0.3, 0.4) is 0 Å². The Hall–Kier alpha value is -1.32. The van der Waals surface area contributed by atoms with Gasteiger partial charge in [0.1, 0.15) is 5.60 Å². The van der Waals surface area contributed by atoms with Gasteiger partial charge in [-0.2, -0.15) is 0 Å². The van der Waals surface area contributed by atoms with Crippen LogP contribution in [-0.4, -0.2) is 22.6 Å². The topological polar surface area (TPSA) is 63.6 Å². The van der Waals surface area contributed by atoms with Crippen LogP contribution in [0.15, 0.2) is 12.7 Å². The monoisotopic (exact) mass is 292 g/mol. The van der Waals surface area contributed by atoms with Gasteiger partial charge in [0.05, 0.1) is 5.41 Å². The zero-order chi connectivity index (χ0) is 15.5. The molecule has 4 unspecified atom stereocenters. The highest BCUT2D eigenvalue weighted by Crippen LogP contribution is 2.76. The lowest BCUT2D eigenvalue weighted by Crippen LogP contribution is -2.60. The van der Waals surface area contributed by atoms with Gasteiger partial charge in [-0.25, -0.2) is 4.79 Å². The van der Waals surface area contributed by atoms with Crippen molar-refractivity contribution in [1.82, 2.24) is 0 Å². The van der Waals surface area contributed by atoms with Crippen molar-refractivity contribution in [3.8, 4) is 0 Å². The van der Waals surface area contributed by atoms with Crippen LogP contribution in [0.4, 0.5) is 0 Å². The molecule has 2 bridgehead atoms. The smallest absolute Gasteiger partial charge is 0.330 e. The fourth-order valence-electron chi connectivity index (χ4n) is 6.29. The molecule has 3 saturated carbocycles. The highest BCUT2D eigenvalue weighted by atomic mass is 16.6. The molecule has 3 fully saturated rings. The Morgan fingerprint density at radius 2 is 1.95 bits per heavy atom. The van der Waals surface area contributed by atoms with Crippen molar-refractivity contribution in [2.75, 3.05) is 0 Å². The molecule has 0 heterocycles. The second-order valence-corrected chi connectivity index (χ2v) is 7.44. The van der Waals surface area contributed by atoms with Gasteiger partial charge in [0.2, 0.25) is 0 Å². The first-order valence-corrected chi connectivity index (χ1v) is 7.90. The summed E-state index contributed by atoms with van der Waals surface area (Å²) in [4.78, 5) is 24.0. The fraction of sp³-hybridized carbons (Fsp3) is 0.765. The van der Waals surface area contributed by atoms with Crippen molar-refractivity contribution in [2.24, 2.45) is 22.7 Å². The molecule has 0 amide bonds. The van der Waals surface area contributed by atoms with Crippen LogP contribution in [0.5, 0.6) is 0 Å². The number of fused-ring (bicyclic) bond motifs is 5. The Morgan fingerprint density at radius 1 is 1.29 bits per heavy atom. The molecular formula is C17H24O4. The zero-order valence-corrected chi connectivity index (χ0v) is 12.9. The molecule has 1 N–H and O–H groups in total. The van der Waals surface area contributed by atoms with E-state index >= 15 is 0 Å². The number of rotatable bonds is 4. The maximum absolute atomic E-state index is 12.2. The van der Waals surface area contributed by atoms with Gasteiger partial charge < -0.3 is 9.84 Å². The third-order valence-electron chi connectivity index (χ3n) is 6.74. The summed E-state index contributed by atoms with van der Waals surface area (Å²) in [5.41, 5.74) is -1.90. The van der Waals surface area contributed by atoms with Gasteiger partial charge in [-0.05, 0) is 57.8 Å². The van der Waals surface area contributed by atoms with Crippen LogP contribution in [0.1, 0.15) is 52.4 Å². The van der Waals surface area contributed by atoms with Gasteiger partial charge in [0.25, 0.3) is 0 Å². The van der Waals surface area contributed by atoms with Crippen molar-refractivity contribution in [3.63, 3.8) is 0 Å². The highest BCUT2D eigenvalue weighted by Gasteiger charge is 2.77. The van der Waals surface area contributed by atoms with Crippen molar-refractivity contribution in [1.29, 1.82) is 0 Å². The first-order valence-electron chi connectivity index (χ1n) is 7.90. The average molecular weight is 292 g/mol. The minimum absolute atomic E-state index is 0.240. The molecule has 4 heteroatoms. The summed E-state index contributed by atoms with van der Waals surface area (Å²) in [7, 11) is 0. The van der Waals surface area contributed by atoms with E-state index in [4.69, 9.17) is 4.74 Å². The lowest BCUT2D eigenvalue weighted by molar-refractivity contribution is -0.202. The molecule has 4 atom stereocenters. The Morgan fingerprint density at radius 3 is 2.57 bits per heavy atom. The number of ether oxygens (including phenoxy) is 1. The second kappa shape index (κ2) is 4.34. The molecule has 116 valence electrons. The molecule has 0 saturated heterocycles. The number of hydrogen-bond acceptors (Lipinski definition) is 3. The van der Waals surface area contributed by atoms with Crippen molar-refractivity contribution < 1.29 is 19.4 Å². The third kappa shape index (κ3) is 1.51. The van der Waals surface area contributed by atoms with E-state index < -0.39 is 28.4 Å². The molecule has 3 aliphatic rings. The number of carboxylic acid groups (broad SMARTS) is 1. The Labute approximate surface area is 125 Å². The predicted molar refractivity (Wildman–Crippen MR) is 77.6 cm³/mol. The summed E-state index contributed by atoms with van der Waals surface area (Å²) >= 11 is 0. The molecular weight excluding hydrogens is 268 g/mol. The molecule has 0 radical (unpaired) electrons. The number of carbonyl (C=O) groups is 2. The molecule has 0 aromatic heterocycles. The summed E-state index contributed by atoms with van der Waals surface area (Å²) in [6.07, 6.45) is 6.69. The van der Waals surface area contributed by atoms with E-state index in [9.17, 15) is 14.7 Å². The molecule has 21 heavy (non-hydrogen) atoms. The molecule has 3 aliphatic carbocycles. The number of hydrogen-bond donors (Lipinski definition) is 1. The van der Waals surface area contributed by atoms with Crippen molar-refractivity contribution >= 4 is 11.9 Å². The van der Waals surface area contributed by atoms with Crippen LogP contribution in [0.2, 0.25) is 0 Å². The second-order valence-electron chi connectivity index (χ2n) is 7.44. The van der Waals surface area contributed by atoms with E-state index in [0.717, 1.165) is 38.5 Å². The largest absolute Gasteiger partial charge is 0.481 e. The van der Waals surface area contributed by atoms with Gasteiger partial charge in [0.15, 0.2) is 0 Å². The molecule has 4 nitrogen and oxygen atoms in total. The summed E-state index contributed by atoms with van der Waals surface area (Å²) in [6, 6.07) is 0. The quantitative estimate of drug-likeness (QED) is 0.638. The maximum Gasteiger partial charge on any atom is 0.330 e. The normalized spacial score (nSPS) is 40.9. The van der Waals surface area contributed by atoms with Crippen LogP contribution in [0, 0.1) is 22.7 Å². The molecule has 0 aliphatic heterocycles. The Bertz CT molecular complexity index is 509. The summed E-state index contributed by atoms with van der Waals surface area (Å²) in [6.45, 7) is 7.27. The minimum Gasteiger partial charge on any atom is -0.481 e. The van der Waals surface area contributed by atoms with E-state index in [-0.39, 0.29) is 5.92 Å². The minimum atomic E-state index is -0.771. The van der Waals surface area contributed by atoms with E-state index in [1.165, 1.54) is 6.08 Å². The van der Waals surface area contributed by atoms with E-state index in [1.807, 2.05) is 13.8 Å². The molecule has 0 aromatic carbocycles. The summed E-state index contributed by atoms with van der Waals surface area (Å²) < 4.78 is 5.68. The van der Waals surface area contributed by atoms with E-state index in [2.05, 4.69) is 6.58 Å². The van der Waals surface area contributed by atoms with Crippen molar-refractivity contribution in [2.45, 2.75) is 58.0 Å². The van der Waals surface area contributed by atoms with Gasteiger partial charge >= 0.3 is 11.9 Å². The van der Waals surface area contributed by atoms with Crippen LogP contribution >= 0.6 is 0 Å². The maximum atomic E-state index is 12.2. The van der Waals surface area contributed by atoms with Gasteiger partial charge in [-0.3, -0.25) is 4.79 Å². The zero-order valence-electron chi connectivity index (χ0n) is 12.9. The number of carbonyl (C=O) groups excluding carboxylic acids is 1. The van der Waals surface area contributed by atoms with E-state index in [1.54, 1.807) is 0 Å². The lowest BCUT2D eigenvalue weighted by atomic mass is 9.51.